The van der Waals surface area contributed by atoms with E-state index in [0.29, 0.717) is 17.0 Å². The summed E-state index contributed by atoms with van der Waals surface area (Å²) in [5.41, 5.74) is 5.68. The first-order valence-corrected chi connectivity index (χ1v) is 13.2. The van der Waals surface area contributed by atoms with Gasteiger partial charge in [-0.1, -0.05) is 45.4 Å². The first kappa shape index (κ1) is 26.0. The lowest BCUT2D eigenvalue weighted by Crippen LogP contribution is -2.34. The molecule has 0 bridgehead atoms. The number of carbonyl (C=O) groups is 2. The number of thioether (sulfide) groups is 1. The Bertz CT molecular complexity index is 1300. The number of esters is 1. The van der Waals surface area contributed by atoms with Crippen LogP contribution in [0.3, 0.4) is 0 Å². The van der Waals surface area contributed by atoms with Gasteiger partial charge in [0.25, 0.3) is 5.91 Å². The molecule has 0 spiro atoms. The highest BCUT2D eigenvalue weighted by atomic mass is 79.9. The van der Waals surface area contributed by atoms with Crippen LogP contribution in [-0.4, -0.2) is 35.2 Å². The summed E-state index contributed by atoms with van der Waals surface area (Å²) in [7, 11) is 0. The molecule has 0 aliphatic carbocycles. The minimum Gasteiger partial charge on any atom is -0.483 e. The number of fused-ring (bicyclic) bond motifs is 1. The minimum absolute atomic E-state index is 0.183. The van der Waals surface area contributed by atoms with Gasteiger partial charge in [-0.2, -0.15) is 0 Å². The summed E-state index contributed by atoms with van der Waals surface area (Å²) in [4.78, 5) is 32.4. The highest BCUT2D eigenvalue weighted by molar-refractivity contribution is 9.10. The van der Waals surface area contributed by atoms with Crippen LogP contribution in [0, 0.1) is 20.8 Å². The second-order valence-electron chi connectivity index (χ2n) is 8.62. The molecule has 2 aliphatic rings. The third-order valence-corrected chi connectivity index (χ3v) is 7.15. The molecule has 0 unspecified atom stereocenters. The van der Waals surface area contributed by atoms with E-state index in [1.807, 2.05) is 61.5 Å². The van der Waals surface area contributed by atoms with Crippen molar-refractivity contribution in [2.45, 2.75) is 40.7 Å². The first-order valence-electron chi connectivity index (χ1n) is 11.6. The van der Waals surface area contributed by atoms with Gasteiger partial charge in [0.1, 0.15) is 5.75 Å². The number of anilines is 1. The molecule has 2 aromatic rings. The number of nitrogens with one attached hydrogen (secondary N) is 1. The van der Waals surface area contributed by atoms with Crippen LogP contribution in [0.1, 0.15) is 42.1 Å². The maximum absolute atomic E-state index is 13.0. The number of halogens is 1. The molecule has 1 atom stereocenters. The molecular formula is C27H28BrN3O4S. The van der Waals surface area contributed by atoms with Crippen molar-refractivity contribution >= 4 is 50.4 Å². The predicted molar refractivity (Wildman–Crippen MR) is 147 cm³/mol. The molecule has 0 saturated carbocycles. The van der Waals surface area contributed by atoms with E-state index in [4.69, 9.17) is 9.47 Å². The standard InChI is InChI=1S/C27H28BrN3O4S/c1-6-34-26(33)23-18(5)29-27-31(9-10-36-27)25(23)20-13-19(28)7-8-21(20)35-14-22(32)30-24-16(3)11-15(2)12-17(24)4/h7-13,25H,6,14H2,1-5H3,(H,30,32)/t25-/m1/s1. The molecule has 4 rings (SSSR count). The lowest BCUT2D eigenvalue weighted by atomic mass is 9.94. The van der Waals surface area contributed by atoms with Crippen molar-refractivity contribution in [1.29, 1.82) is 0 Å². The molecule has 0 radical (unpaired) electrons. The number of nitrogens with zero attached hydrogens (tertiary/aromatic N) is 2. The van der Waals surface area contributed by atoms with E-state index in [1.165, 1.54) is 11.8 Å². The summed E-state index contributed by atoms with van der Waals surface area (Å²) in [6, 6.07) is 9.10. The highest BCUT2D eigenvalue weighted by Crippen LogP contribution is 2.44. The smallest absolute Gasteiger partial charge is 0.338 e. The van der Waals surface area contributed by atoms with Gasteiger partial charge in [-0.15, -0.1) is 0 Å². The normalized spacial score (nSPS) is 16.6. The minimum atomic E-state index is -0.514. The van der Waals surface area contributed by atoms with Gasteiger partial charge in [-0.25, -0.2) is 9.79 Å². The van der Waals surface area contributed by atoms with E-state index in [0.717, 1.165) is 37.6 Å². The molecule has 2 aromatic carbocycles. The second-order valence-corrected chi connectivity index (χ2v) is 10.4. The van der Waals surface area contributed by atoms with Gasteiger partial charge in [0.2, 0.25) is 0 Å². The van der Waals surface area contributed by atoms with Crippen LogP contribution in [-0.2, 0) is 14.3 Å². The van der Waals surface area contributed by atoms with E-state index in [9.17, 15) is 9.59 Å². The van der Waals surface area contributed by atoms with Gasteiger partial charge >= 0.3 is 5.97 Å². The van der Waals surface area contributed by atoms with E-state index in [-0.39, 0.29) is 19.1 Å². The Morgan fingerprint density at radius 2 is 1.86 bits per heavy atom. The topological polar surface area (TPSA) is 80.2 Å². The fraction of sp³-hybridized carbons (Fsp3) is 0.296. The van der Waals surface area contributed by atoms with E-state index in [2.05, 4.69) is 26.2 Å². The Balaban J connectivity index is 1.64. The lowest BCUT2D eigenvalue weighted by Gasteiger charge is -2.34. The largest absolute Gasteiger partial charge is 0.483 e. The first-order chi connectivity index (χ1) is 17.2. The summed E-state index contributed by atoms with van der Waals surface area (Å²) in [6.45, 7) is 9.62. The predicted octanol–water partition coefficient (Wildman–Crippen LogP) is 6.16. The lowest BCUT2D eigenvalue weighted by molar-refractivity contribution is -0.139. The highest BCUT2D eigenvalue weighted by Gasteiger charge is 2.39. The Kier molecular flexibility index (Phi) is 7.90. The number of rotatable bonds is 7. The second kappa shape index (κ2) is 10.9. The van der Waals surface area contributed by atoms with E-state index < -0.39 is 12.0 Å². The SMILES string of the molecule is CCOC(=O)C1=C(C)N=C2SC=CN2[C@@H]1c1cc(Br)ccc1OCC(=O)Nc1c(C)cc(C)cc1C. The average Bonchev–Trinajstić information content (AvgIpc) is 3.27. The molecule has 36 heavy (non-hydrogen) atoms. The van der Waals surface area contributed by atoms with Crippen LogP contribution in [0.25, 0.3) is 0 Å². The van der Waals surface area contributed by atoms with Crippen LogP contribution in [0.5, 0.6) is 5.75 Å². The maximum atomic E-state index is 13.0. The van der Waals surface area contributed by atoms with Crippen LogP contribution >= 0.6 is 27.7 Å². The van der Waals surface area contributed by atoms with Crippen molar-refractivity contribution in [1.82, 2.24) is 4.90 Å². The fourth-order valence-corrected chi connectivity index (χ4v) is 5.61. The Labute approximate surface area is 223 Å². The van der Waals surface area contributed by atoms with Crippen LogP contribution < -0.4 is 10.1 Å². The number of allylic oxidation sites excluding steroid dienone is 1. The Hall–Kier alpha value is -3.04. The average molecular weight is 571 g/mol. The number of aliphatic imine (C=N–C) groups is 1. The summed E-state index contributed by atoms with van der Waals surface area (Å²) in [5, 5.41) is 5.66. The summed E-state index contributed by atoms with van der Waals surface area (Å²) < 4.78 is 12.2. The van der Waals surface area contributed by atoms with Crippen molar-refractivity contribution < 1.29 is 19.1 Å². The van der Waals surface area contributed by atoms with Crippen LogP contribution in [0.4, 0.5) is 5.69 Å². The van der Waals surface area contributed by atoms with Gasteiger partial charge in [0.05, 0.1) is 23.9 Å². The van der Waals surface area contributed by atoms with Crippen molar-refractivity contribution in [3.63, 3.8) is 0 Å². The quantitative estimate of drug-likeness (QED) is 0.402. The van der Waals surface area contributed by atoms with Crippen LogP contribution in [0.15, 0.2) is 62.7 Å². The molecule has 2 heterocycles. The van der Waals surface area contributed by atoms with Crippen LogP contribution in [0.2, 0.25) is 0 Å². The van der Waals surface area contributed by atoms with Crippen molar-refractivity contribution in [3.05, 3.63) is 79.9 Å². The zero-order valence-corrected chi connectivity index (χ0v) is 23.2. The fourth-order valence-electron chi connectivity index (χ4n) is 4.44. The number of hydrogen-bond donors (Lipinski definition) is 1. The van der Waals surface area contributed by atoms with Crippen molar-refractivity contribution in [3.8, 4) is 5.75 Å². The maximum Gasteiger partial charge on any atom is 0.338 e. The molecule has 2 aliphatic heterocycles. The van der Waals surface area contributed by atoms with E-state index >= 15 is 0 Å². The van der Waals surface area contributed by atoms with Gasteiger partial charge in [0, 0.05) is 21.9 Å². The molecule has 7 nitrogen and oxygen atoms in total. The number of aryl methyl sites for hydroxylation is 3. The molecule has 1 amide bonds. The van der Waals surface area contributed by atoms with E-state index in [1.54, 1.807) is 19.9 Å². The van der Waals surface area contributed by atoms with Gasteiger partial charge < -0.3 is 19.7 Å². The van der Waals surface area contributed by atoms with Gasteiger partial charge in [0.15, 0.2) is 11.8 Å². The molecule has 0 aromatic heterocycles. The Morgan fingerprint density at radius 1 is 1.14 bits per heavy atom. The number of ether oxygens (including phenoxy) is 2. The number of amides is 1. The molecule has 1 N–H and O–H groups in total. The number of hydrogen-bond acceptors (Lipinski definition) is 7. The number of carbonyl (C=O) groups excluding carboxylic acids is 2. The molecule has 188 valence electrons. The molecule has 0 fully saturated rings. The van der Waals surface area contributed by atoms with Gasteiger partial charge in [-0.3, -0.25) is 4.79 Å². The zero-order chi connectivity index (χ0) is 26.0. The molecule has 9 heteroatoms. The van der Waals surface area contributed by atoms with Crippen molar-refractivity contribution in [2.75, 3.05) is 18.5 Å². The summed E-state index contributed by atoms with van der Waals surface area (Å²) in [6.07, 6.45) is 1.89. The Morgan fingerprint density at radius 3 is 2.56 bits per heavy atom. The number of amidine groups is 1. The summed E-state index contributed by atoms with van der Waals surface area (Å²) in [5.74, 6) is -0.197. The third kappa shape index (κ3) is 5.37. The molecular weight excluding hydrogens is 542 g/mol. The zero-order valence-electron chi connectivity index (χ0n) is 20.8. The summed E-state index contributed by atoms with van der Waals surface area (Å²) >= 11 is 5.03. The van der Waals surface area contributed by atoms with Gasteiger partial charge in [-0.05, 0) is 69.4 Å². The molecule has 0 saturated heterocycles. The van der Waals surface area contributed by atoms with Crippen molar-refractivity contribution in [2.24, 2.45) is 4.99 Å². The number of benzene rings is 2. The third-order valence-electron chi connectivity index (χ3n) is 5.88. The monoisotopic (exact) mass is 569 g/mol.